The van der Waals surface area contributed by atoms with Crippen LogP contribution in [-0.4, -0.2) is 19.1 Å². The predicted molar refractivity (Wildman–Crippen MR) is 111 cm³/mol. The van der Waals surface area contributed by atoms with Crippen LogP contribution in [-0.2, 0) is 4.79 Å². The van der Waals surface area contributed by atoms with Gasteiger partial charge in [0.2, 0.25) is 0 Å². The number of carbonyl (C=O) groups is 1. The topological polar surface area (TPSA) is 71.3 Å². The second-order valence-electron chi connectivity index (χ2n) is 6.65. The van der Waals surface area contributed by atoms with Crippen molar-refractivity contribution >= 4 is 17.7 Å². The Morgan fingerprint density at radius 2 is 1.86 bits per heavy atom. The highest BCUT2D eigenvalue weighted by atomic mass is 16.5. The van der Waals surface area contributed by atoms with Crippen molar-refractivity contribution in [2.75, 3.05) is 18.5 Å². The summed E-state index contributed by atoms with van der Waals surface area (Å²) in [7, 11) is 0. The van der Waals surface area contributed by atoms with Crippen LogP contribution in [0, 0.1) is 17.2 Å². The van der Waals surface area contributed by atoms with E-state index < -0.39 is 5.91 Å². The third-order valence-corrected chi connectivity index (χ3v) is 3.96. The van der Waals surface area contributed by atoms with E-state index in [1.165, 1.54) is 0 Å². The molecule has 0 fully saturated rings. The monoisotopic (exact) mass is 378 g/mol. The van der Waals surface area contributed by atoms with Crippen LogP contribution in [0.3, 0.4) is 0 Å². The molecule has 1 N–H and O–H groups in total. The molecule has 2 rings (SSSR count). The Hall–Kier alpha value is -3.26. The van der Waals surface area contributed by atoms with Crippen LogP contribution in [0.2, 0.25) is 0 Å². The second-order valence-corrected chi connectivity index (χ2v) is 6.65. The van der Waals surface area contributed by atoms with Crippen molar-refractivity contribution in [3.63, 3.8) is 0 Å². The van der Waals surface area contributed by atoms with Gasteiger partial charge in [-0.2, -0.15) is 5.26 Å². The van der Waals surface area contributed by atoms with Gasteiger partial charge in [0, 0.05) is 0 Å². The lowest BCUT2D eigenvalue weighted by molar-refractivity contribution is -0.112. The zero-order chi connectivity index (χ0) is 20.4. The van der Waals surface area contributed by atoms with Crippen LogP contribution in [0.1, 0.15) is 32.8 Å². The number of nitriles is 1. The molecule has 0 aliphatic heterocycles. The molecule has 0 atom stereocenters. The van der Waals surface area contributed by atoms with E-state index in [-0.39, 0.29) is 5.57 Å². The average Bonchev–Trinajstić information content (AvgIpc) is 2.68. The van der Waals surface area contributed by atoms with Gasteiger partial charge in [-0.25, -0.2) is 0 Å². The molecular formula is C23H26N2O3. The van der Waals surface area contributed by atoms with Gasteiger partial charge in [-0.3, -0.25) is 4.79 Å². The number of hydrogen-bond acceptors (Lipinski definition) is 4. The number of carbonyl (C=O) groups excluding carboxylic acids is 1. The van der Waals surface area contributed by atoms with Gasteiger partial charge in [-0.1, -0.05) is 38.1 Å². The number of rotatable bonds is 9. The predicted octanol–water partition coefficient (Wildman–Crippen LogP) is 5.06. The van der Waals surface area contributed by atoms with E-state index in [2.05, 4.69) is 19.2 Å². The van der Waals surface area contributed by atoms with Crippen LogP contribution in [0.25, 0.3) is 6.08 Å². The summed E-state index contributed by atoms with van der Waals surface area (Å²) in [5.74, 6) is 1.45. The first-order chi connectivity index (χ1) is 13.5. The van der Waals surface area contributed by atoms with E-state index in [4.69, 9.17) is 9.47 Å². The Balaban J connectivity index is 2.07. The fraction of sp³-hybridized carbons (Fsp3) is 0.304. The first-order valence-corrected chi connectivity index (χ1v) is 9.41. The van der Waals surface area contributed by atoms with Gasteiger partial charge < -0.3 is 14.8 Å². The molecule has 0 aliphatic rings. The van der Waals surface area contributed by atoms with E-state index in [0.717, 1.165) is 17.7 Å². The molecule has 2 aromatic rings. The number of anilines is 1. The minimum absolute atomic E-state index is 0.0137. The van der Waals surface area contributed by atoms with Gasteiger partial charge in [0.1, 0.15) is 23.1 Å². The third-order valence-electron chi connectivity index (χ3n) is 3.96. The van der Waals surface area contributed by atoms with Crippen molar-refractivity contribution in [3.05, 3.63) is 59.7 Å². The zero-order valence-corrected chi connectivity index (χ0v) is 16.6. The maximum Gasteiger partial charge on any atom is 0.266 e. The molecule has 0 radical (unpaired) electrons. The molecular weight excluding hydrogens is 352 g/mol. The second kappa shape index (κ2) is 10.8. The zero-order valence-electron chi connectivity index (χ0n) is 16.6. The number of nitrogens with one attached hydrogen (secondary N) is 1. The van der Waals surface area contributed by atoms with Gasteiger partial charge in [-0.15, -0.1) is 0 Å². The molecule has 0 saturated carbocycles. The quantitative estimate of drug-likeness (QED) is 0.489. The third kappa shape index (κ3) is 6.48. The van der Waals surface area contributed by atoms with Crippen molar-refractivity contribution < 1.29 is 14.3 Å². The van der Waals surface area contributed by atoms with E-state index in [1.54, 1.807) is 24.3 Å². The summed E-state index contributed by atoms with van der Waals surface area (Å²) in [6, 6.07) is 16.4. The molecule has 2 aromatic carbocycles. The molecule has 5 heteroatoms. The first-order valence-electron chi connectivity index (χ1n) is 9.41. The van der Waals surface area contributed by atoms with Crippen LogP contribution >= 0.6 is 0 Å². The maximum atomic E-state index is 12.5. The SMILES string of the molecule is CCOc1ccccc1NC(=O)/C(C#N)=C\c1ccc(OCCC(C)C)cc1. The molecule has 0 saturated heterocycles. The number of benzene rings is 2. The number of ether oxygens (including phenoxy) is 2. The van der Waals surface area contributed by atoms with Gasteiger partial charge >= 0.3 is 0 Å². The molecule has 0 bridgehead atoms. The summed E-state index contributed by atoms with van der Waals surface area (Å²) in [6.45, 7) is 7.32. The fourth-order valence-electron chi connectivity index (χ4n) is 2.43. The summed E-state index contributed by atoms with van der Waals surface area (Å²) < 4.78 is 11.2. The Bertz CT molecular complexity index is 849. The minimum atomic E-state index is -0.480. The van der Waals surface area contributed by atoms with Crippen molar-refractivity contribution in [1.82, 2.24) is 0 Å². The van der Waals surface area contributed by atoms with Crippen molar-refractivity contribution in [2.24, 2.45) is 5.92 Å². The Kier molecular flexibility index (Phi) is 8.11. The minimum Gasteiger partial charge on any atom is -0.494 e. The van der Waals surface area contributed by atoms with E-state index in [1.807, 2.05) is 43.3 Å². The Labute approximate surface area is 166 Å². The molecule has 0 heterocycles. The van der Waals surface area contributed by atoms with Gasteiger partial charge in [0.05, 0.1) is 18.9 Å². The summed E-state index contributed by atoms with van der Waals surface area (Å²) in [4.78, 5) is 12.5. The van der Waals surface area contributed by atoms with Gasteiger partial charge in [-0.05, 0) is 55.2 Å². The number of nitrogens with zero attached hydrogens (tertiary/aromatic N) is 1. The normalized spacial score (nSPS) is 11.0. The maximum absolute atomic E-state index is 12.5. The van der Waals surface area contributed by atoms with Crippen LogP contribution in [0.5, 0.6) is 11.5 Å². The van der Waals surface area contributed by atoms with E-state index >= 15 is 0 Å². The lowest BCUT2D eigenvalue weighted by Crippen LogP contribution is -2.14. The van der Waals surface area contributed by atoms with Crippen molar-refractivity contribution in [3.8, 4) is 17.6 Å². The Morgan fingerprint density at radius 1 is 1.14 bits per heavy atom. The van der Waals surface area contributed by atoms with Crippen LogP contribution in [0.4, 0.5) is 5.69 Å². The highest BCUT2D eigenvalue weighted by Gasteiger charge is 2.12. The average molecular weight is 378 g/mol. The van der Waals surface area contributed by atoms with Gasteiger partial charge in [0.25, 0.3) is 5.91 Å². The summed E-state index contributed by atoms with van der Waals surface area (Å²) in [5, 5.41) is 12.1. The fourth-order valence-corrected chi connectivity index (χ4v) is 2.43. The van der Waals surface area contributed by atoms with Crippen molar-refractivity contribution in [1.29, 1.82) is 5.26 Å². The molecule has 28 heavy (non-hydrogen) atoms. The molecule has 1 amide bonds. The summed E-state index contributed by atoms with van der Waals surface area (Å²) in [6.07, 6.45) is 2.54. The highest BCUT2D eigenvalue weighted by Crippen LogP contribution is 2.24. The van der Waals surface area contributed by atoms with E-state index in [9.17, 15) is 10.1 Å². The lowest BCUT2D eigenvalue weighted by atomic mass is 10.1. The van der Waals surface area contributed by atoms with Crippen molar-refractivity contribution in [2.45, 2.75) is 27.2 Å². The molecule has 146 valence electrons. The van der Waals surface area contributed by atoms with Gasteiger partial charge in [0.15, 0.2) is 0 Å². The summed E-state index contributed by atoms with van der Waals surface area (Å²) in [5.41, 5.74) is 1.30. The molecule has 0 aromatic heterocycles. The van der Waals surface area contributed by atoms with Crippen LogP contribution < -0.4 is 14.8 Å². The number of hydrogen-bond donors (Lipinski definition) is 1. The largest absolute Gasteiger partial charge is 0.494 e. The molecule has 0 unspecified atom stereocenters. The molecule has 0 spiro atoms. The first kappa shape index (κ1) is 21.0. The highest BCUT2D eigenvalue weighted by molar-refractivity contribution is 6.10. The standard InChI is InChI=1S/C23H26N2O3/c1-4-27-22-8-6-5-7-21(22)25-23(26)19(16-24)15-18-9-11-20(12-10-18)28-14-13-17(2)3/h5-12,15,17H,4,13-14H2,1-3H3,(H,25,26)/b19-15-. The van der Waals surface area contributed by atoms with Crippen LogP contribution in [0.15, 0.2) is 54.1 Å². The number of amides is 1. The summed E-state index contributed by atoms with van der Waals surface area (Å²) >= 11 is 0. The lowest BCUT2D eigenvalue weighted by Gasteiger charge is -2.11. The molecule has 5 nitrogen and oxygen atoms in total. The Morgan fingerprint density at radius 3 is 2.50 bits per heavy atom. The smallest absolute Gasteiger partial charge is 0.266 e. The number of para-hydroxylation sites is 2. The molecule has 0 aliphatic carbocycles. The van der Waals surface area contributed by atoms with E-state index in [0.29, 0.717) is 30.6 Å².